The summed E-state index contributed by atoms with van der Waals surface area (Å²) in [5.41, 5.74) is 6.41. The second-order valence-corrected chi connectivity index (χ2v) is 7.47. The normalized spacial score (nSPS) is 11.2. The number of hydrogen-bond acceptors (Lipinski definition) is 4. The fourth-order valence-corrected chi connectivity index (χ4v) is 4.45. The first kappa shape index (κ1) is 16.1. The van der Waals surface area contributed by atoms with E-state index in [1.807, 2.05) is 0 Å². The van der Waals surface area contributed by atoms with Gasteiger partial charge < -0.3 is 10.5 Å². The summed E-state index contributed by atoms with van der Waals surface area (Å²) in [5, 5.41) is 0. The van der Waals surface area contributed by atoms with E-state index in [-0.39, 0.29) is 10.6 Å². The van der Waals surface area contributed by atoms with E-state index >= 15 is 0 Å². The Bertz CT molecular complexity index is 759. The summed E-state index contributed by atoms with van der Waals surface area (Å²) in [4.78, 5) is -0.0207. The first-order chi connectivity index (χ1) is 9.85. The molecule has 21 heavy (non-hydrogen) atoms. The third-order valence-electron chi connectivity index (χ3n) is 2.68. The number of hydrogen-bond donors (Lipinski definition) is 2. The minimum atomic E-state index is -3.84. The molecule has 0 aliphatic rings. The Labute approximate surface area is 139 Å². The molecule has 0 amide bonds. The molecule has 0 saturated carbocycles. The Morgan fingerprint density at radius 3 is 2.33 bits per heavy atom. The highest BCUT2D eigenvalue weighted by Crippen LogP contribution is 2.34. The van der Waals surface area contributed by atoms with Gasteiger partial charge in [0.2, 0.25) is 0 Å². The zero-order chi connectivity index (χ0) is 15.6. The van der Waals surface area contributed by atoms with Gasteiger partial charge in [-0.1, -0.05) is 6.07 Å². The monoisotopic (exact) mass is 434 g/mol. The van der Waals surface area contributed by atoms with Gasteiger partial charge in [-0.15, -0.1) is 0 Å². The van der Waals surface area contributed by atoms with Gasteiger partial charge in [0, 0.05) is 14.6 Å². The summed E-state index contributed by atoms with van der Waals surface area (Å²) in [7, 11) is -2.44. The van der Waals surface area contributed by atoms with E-state index in [9.17, 15) is 8.42 Å². The molecule has 0 aliphatic heterocycles. The van der Waals surface area contributed by atoms with Crippen LogP contribution in [0.3, 0.4) is 0 Å². The number of para-hydroxylation sites is 1. The van der Waals surface area contributed by atoms with Crippen LogP contribution in [0.2, 0.25) is 0 Å². The third kappa shape index (κ3) is 3.50. The number of methoxy groups -OCH3 is 1. The first-order valence-electron chi connectivity index (χ1n) is 5.75. The predicted molar refractivity (Wildman–Crippen MR) is 90.1 cm³/mol. The van der Waals surface area contributed by atoms with E-state index in [0.29, 0.717) is 20.3 Å². The molecule has 0 atom stereocenters. The lowest BCUT2D eigenvalue weighted by Gasteiger charge is -2.14. The lowest BCUT2D eigenvalue weighted by Crippen LogP contribution is -2.15. The molecule has 0 heterocycles. The summed E-state index contributed by atoms with van der Waals surface area (Å²) in [5.74, 6) is 0.222. The van der Waals surface area contributed by atoms with E-state index < -0.39 is 10.0 Å². The fourth-order valence-electron chi connectivity index (χ4n) is 1.69. The maximum Gasteiger partial charge on any atom is 0.265 e. The minimum Gasteiger partial charge on any atom is -0.495 e. The van der Waals surface area contributed by atoms with E-state index in [1.165, 1.54) is 19.2 Å². The molecule has 8 heteroatoms. The lowest BCUT2D eigenvalue weighted by atomic mass is 10.3. The largest absolute Gasteiger partial charge is 0.495 e. The standard InChI is InChI=1S/C13H12Br2N2O3S/c1-20-11-6-5-8(16)7-12(11)21(18,19)17-13-9(14)3-2-4-10(13)15/h2-7,17H,16H2,1H3. The van der Waals surface area contributed by atoms with Crippen LogP contribution in [0.1, 0.15) is 0 Å². The predicted octanol–water partition coefficient (Wildman–Crippen LogP) is 3.60. The molecule has 2 rings (SSSR count). The van der Waals surface area contributed by atoms with Crippen LogP contribution in [0.25, 0.3) is 0 Å². The molecule has 0 fully saturated rings. The van der Waals surface area contributed by atoms with Crippen molar-refractivity contribution < 1.29 is 13.2 Å². The quantitative estimate of drug-likeness (QED) is 0.718. The van der Waals surface area contributed by atoms with Crippen LogP contribution < -0.4 is 15.2 Å². The van der Waals surface area contributed by atoms with Crippen molar-refractivity contribution in [3.05, 3.63) is 45.3 Å². The summed E-state index contributed by atoms with van der Waals surface area (Å²) < 4.78 is 33.9. The minimum absolute atomic E-state index is 0.0207. The highest BCUT2D eigenvalue weighted by atomic mass is 79.9. The van der Waals surface area contributed by atoms with Gasteiger partial charge in [-0.25, -0.2) is 8.42 Å². The average Bonchev–Trinajstić information content (AvgIpc) is 2.43. The van der Waals surface area contributed by atoms with Gasteiger partial charge in [0.1, 0.15) is 10.6 Å². The highest BCUT2D eigenvalue weighted by Gasteiger charge is 2.22. The SMILES string of the molecule is COc1ccc(N)cc1S(=O)(=O)Nc1c(Br)cccc1Br. The lowest BCUT2D eigenvalue weighted by molar-refractivity contribution is 0.403. The molecule has 0 aromatic heterocycles. The third-order valence-corrected chi connectivity index (χ3v) is 5.37. The van der Waals surface area contributed by atoms with Gasteiger partial charge >= 0.3 is 0 Å². The maximum absolute atomic E-state index is 12.5. The summed E-state index contributed by atoms with van der Waals surface area (Å²) in [6.07, 6.45) is 0. The van der Waals surface area contributed by atoms with Crippen molar-refractivity contribution in [2.24, 2.45) is 0 Å². The molecular weight excluding hydrogens is 424 g/mol. The van der Waals surface area contributed by atoms with Gasteiger partial charge in [0.15, 0.2) is 0 Å². The molecule has 3 N–H and O–H groups in total. The summed E-state index contributed by atoms with van der Waals surface area (Å²) >= 11 is 6.62. The van der Waals surface area contributed by atoms with Gasteiger partial charge in [-0.05, 0) is 62.2 Å². The van der Waals surface area contributed by atoms with Crippen molar-refractivity contribution in [3.63, 3.8) is 0 Å². The van der Waals surface area contributed by atoms with Crippen molar-refractivity contribution in [1.82, 2.24) is 0 Å². The second kappa shape index (κ2) is 6.25. The topological polar surface area (TPSA) is 81.4 Å². The van der Waals surface area contributed by atoms with Crippen molar-refractivity contribution in [3.8, 4) is 5.75 Å². The molecule has 0 unspecified atom stereocenters. The zero-order valence-electron chi connectivity index (χ0n) is 10.9. The zero-order valence-corrected chi connectivity index (χ0v) is 14.9. The van der Waals surface area contributed by atoms with Gasteiger partial charge in [-0.2, -0.15) is 0 Å². The maximum atomic E-state index is 12.5. The van der Waals surface area contributed by atoms with Crippen LogP contribution in [0.5, 0.6) is 5.75 Å². The van der Waals surface area contributed by atoms with Crippen LogP contribution >= 0.6 is 31.9 Å². The Balaban J connectivity index is 2.51. The Hall–Kier alpha value is -1.25. The number of halogens is 2. The molecule has 2 aromatic rings. The van der Waals surface area contributed by atoms with Crippen molar-refractivity contribution in [2.75, 3.05) is 17.6 Å². The number of rotatable bonds is 4. The molecule has 2 aromatic carbocycles. The average molecular weight is 436 g/mol. The number of nitrogen functional groups attached to an aromatic ring is 1. The second-order valence-electron chi connectivity index (χ2n) is 4.11. The molecule has 5 nitrogen and oxygen atoms in total. The molecule has 112 valence electrons. The fraction of sp³-hybridized carbons (Fsp3) is 0.0769. The number of benzene rings is 2. The number of nitrogens with two attached hydrogens (primary N) is 1. The molecule has 0 radical (unpaired) electrons. The smallest absolute Gasteiger partial charge is 0.265 e. The Morgan fingerprint density at radius 2 is 1.76 bits per heavy atom. The van der Waals surface area contributed by atoms with Crippen LogP contribution in [0, 0.1) is 0 Å². The van der Waals surface area contributed by atoms with Gasteiger partial charge in [0.05, 0.1) is 12.8 Å². The Morgan fingerprint density at radius 1 is 1.14 bits per heavy atom. The summed E-state index contributed by atoms with van der Waals surface area (Å²) in [6, 6.07) is 9.70. The van der Waals surface area contributed by atoms with Crippen LogP contribution in [-0.4, -0.2) is 15.5 Å². The first-order valence-corrected chi connectivity index (χ1v) is 8.82. The van der Waals surface area contributed by atoms with Crippen LogP contribution in [-0.2, 0) is 10.0 Å². The van der Waals surface area contributed by atoms with Gasteiger partial charge in [0.25, 0.3) is 10.0 Å². The number of sulfonamides is 1. The number of anilines is 2. The Kier molecular flexibility index (Phi) is 4.80. The number of ether oxygens (including phenoxy) is 1. The van der Waals surface area contributed by atoms with Gasteiger partial charge in [-0.3, -0.25) is 4.72 Å². The van der Waals surface area contributed by atoms with Crippen molar-refractivity contribution in [2.45, 2.75) is 4.90 Å². The van der Waals surface area contributed by atoms with E-state index in [1.54, 1.807) is 24.3 Å². The van der Waals surface area contributed by atoms with Crippen molar-refractivity contribution in [1.29, 1.82) is 0 Å². The number of nitrogens with one attached hydrogen (secondary N) is 1. The molecule has 0 spiro atoms. The summed E-state index contributed by atoms with van der Waals surface area (Å²) in [6.45, 7) is 0. The van der Waals surface area contributed by atoms with E-state index in [4.69, 9.17) is 10.5 Å². The van der Waals surface area contributed by atoms with E-state index in [0.717, 1.165) is 0 Å². The molecule has 0 aliphatic carbocycles. The van der Waals surface area contributed by atoms with Crippen molar-refractivity contribution >= 4 is 53.3 Å². The molecule has 0 saturated heterocycles. The molecule has 0 bridgehead atoms. The van der Waals surface area contributed by atoms with Crippen LogP contribution in [0.15, 0.2) is 50.2 Å². The highest BCUT2D eigenvalue weighted by molar-refractivity contribution is 9.11. The van der Waals surface area contributed by atoms with Crippen LogP contribution in [0.4, 0.5) is 11.4 Å². The van der Waals surface area contributed by atoms with E-state index in [2.05, 4.69) is 36.6 Å². The molecular formula is C13H12Br2N2O3S.